The summed E-state index contributed by atoms with van der Waals surface area (Å²) in [5.74, 6) is -0.154. The van der Waals surface area contributed by atoms with E-state index in [-0.39, 0.29) is 11.2 Å². The molecule has 0 aromatic rings. The van der Waals surface area contributed by atoms with Crippen molar-refractivity contribution in [3.63, 3.8) is 0 Å². The first-order valence-corrected chi connectivity index (χ1v) is 10.4. The Balaban J connectivity index is 1.82. The lowest BCUT2D eigenvalue weighted by Crippen LogP contribution is -2.55. The number of diazo groups is 1. The second-order valence-corrected chi connectivity index (χ2v) is 10.2. The molecule has 5 nitrogen and oxygen atoms in total. The Bertz CT molecular complexity index is 741. The van der Waals surface area contributed by atoms with E-state index in [1.54, 1.807) is 0 Å². The first kappa shape index (κ1) is 19.0. The highest BCUT2D eigenvalue weighted by Crippen LogP contribution is 2.66. The van der Waals surface area contributed by atoms with E-state index in [0.717, 1.165) is 12.6 Å². The third kappa shape index (κ3) is 2.53. The summed E-state index contributed by atoms with van der Waals surface area (Å²) < 4.78 is 12.3. The van der Waals surface area contributed by atoms with Gasteiger partial charge >= 0.3 is 6.20 Å². The van der Waals surface area contributed by atoms with Gasteiger partial charge in [0.05, 0.1) is 18.6 Å². The van der Waals surface area contributed by atoms with Crippen molar-refractivity contribution in [2.24, 2.45) is 22.2 Å². The monoisotopic (exact) mass is 373 g/mol. The number of aliphatic hydroxyl groups excluding tert-OH is 1. The molecule has 1 N–H and O–H groups in total. The van der Waals surface area contributed by atoms with Crippen molar-refractivity contribution in [3.05, 3.63) is 28.1 Å². The van der Waals surface area contributed by atoms with Gasteiger partial charge < -0.3 is 14.6 Å². The van der Waals surface area contributed by atoms with E-state index in [1.165, 1.54) is 36.8 Å². The molecule has 1 saturated carbocycles. The molecule has 0 aromatic heterocycles. The van der Waals surface area contributed by atoms with Crippen LogP contribution in [0.4, 0.5) is 0 Å². The summed E-state index contributed by atoms with van der Waals surface area (Å²) in [5.41, 5.74) is 2.72. The van der Waals surface area contributed by atoms with Gasteiger partial charge in [-0.15, -0.1) is 0 Å². The van der Waals surface area contributed by atoms with Gasteiger partial charge in [-0.05, 0) is 55.8 Å². The zero-order valence-electron chi connectivity index (χ0n) is 17.2. The molecule has 1 heterocycles. The third-order valence-corrected chi connectivity index (χ3v) is 8.40. The van der Waals surface area contributed by atoms with Crippen LogP contribution >= 0.6 is 0 Å². The van der Waals surface area contributed by atoms with E-state index in [2.05, 4.69) is 25.7 Å². The Morgan fingerprint density at radius 2 is 1.85 bits per heavy atom. The second kappa shape index (κ2) is 6.06. The van der Waals surface area contributed by atoms with Crippen molar-refractivity contribution >= 4 is 0 Å². The van der Waals surface area contributed by atoms with E-state index in [9.17, 15) is 5.11 Å². The van der Waals surface area contributed by atoms with Gasteiger partial charge in [0.1, 0.15) is 0 Å². The number of hydrogen-bond donors (Lipinski definition) is 1. The van der Waals surface area contributed by atoms with Crippen LogP contribution in [0, 0.1) is 27.6 Å². The predicted octanol–water partition coefficient (Wildman–Crippen LogP) is 5.71. The topological polar surface area (TPSA) is 66.8 Å². The predicted molar refractivity (Wildman–Crippen MR) is 103 cm³/mol. The molecule has 1 saturated heterocycles. The Kier molecular flexibility index (Phi) is 4.25. The Morgan fingerprint density at radius 1 is 1.15 bits per heavy atom. The lowest BCUT2D eigenvalue weighted by molar-refractivity contribution is -0.235. The van der Waals surface area contributed by atoms with Crippen LogP contribution in [0.3, 0.4) is 0 Å². The maximum atomic E-state index is 10.9. The van der Waals surface area contributed by atoms with Crippen molar-refractivity contribution in [2.45, 2.75) is 78.4 Å². The Morgan fingerprint density at radius 3 is 2.52 bits per heavy atom. The minimum atomic E-state index is -0.857. The second-order valence-electron chi connectivity index (χ2n) is 10.2. The number of fused-ring (bicyclic) bond motifs is 2. The molecule has 5 heteroatoms. The zero-order valence-corrected chi connectivity index (χ0v) is 17.2. The first-order valence-electron chi connectivity index (χ1n) is 10.4. The van der Waals surface area contributed by atoms with E-state index < -0.39 is 11.2 Å². The Labute approximate surface area is 162 Å². The molecule has 0 aromatic carbocycles. The minimum absolute atomic E-state index is 0.0410. The molecular formula is C22H33N2O3+. The van der Waals surface area contributed by atoms with Gasteiger partial charge in [-0.2, -0.15) is 0 Å². The molecule has 1 aliphatic heterocycles. The quantitative estimate of drug-likeness (QED) is 0.363. The zero-order chi connectivity index (χ0) is 19.5. The van der Waals surface area contributed by atoms with Crippen molar-refractivity contribution in [1.29, 1.82) is 5.39 Å². The smallest absolute Gasteiger partial charge is 0.388 e. The van der Waals surface area contributed by atoms with Gasteiger partial charge in [-0.3, -0.25) is 0 Å². The minimum Gasteiger partial charge on any atom is -0.505 e. The van der Waals surface area contributed by atoms with E-state index in [1.807, 2.05) is 6.92 Å². The molecule has 0 radical (unpaired) electrons. The van der Waals surface area contributed by atoms with E-state index in [0.29, 0.717) is 37.4 Å². The van der Waals surface area contributed by atoms with Crippen LogP contribution in [-0.2, 0) is 9.47 Å². The highest BCUT2D eigenvalue weighted by molar-refractivity contribution is 5.37. The number of allylic oxidation sites excluding steroid dienone is 1. The lowest BCUT2D eigenvalue weighted by atomic mass is 9.47. The molecule has 0 bridgehead atoms. The Hall–Kier alpha value is -1.38. The summed E-state index contributed by atoms with van der Waals surface area (Å²) in [6.45, 7) is 10.4. The summed E-state index contributed by atoms with van der Waals surface area (Å²) in [6, 6.07) is 0. The van der Waals surface area contributed by atoms with E-state index >= 15 is 0 Å². The number of aliphatic hydroxyl groups is 1. The summed E-state index contributed by atoms with van der Waals surface area (Å²) in [6.07, 6.45) is 8.61. The average molecular weight is 374 g/mol. The lowest BCUT2D eigenvalue weighted by Gasteiger charge is -2.59. The van der Waals surface area contributed by atoms with Crippen LogP contribution in [-0.4, -0.2) is 24.1 Å². The number of ether oxygens (including phenoxy) is 2. The number of nitrogens with zero attached hydrogens (tertiary/aromatic N) is 2. The summed E-state index contributed by atoms with van der Waals surface area (Å²) >= 11 is 0. The normalized spacial score (nSPS) is 40.4. The fraction of sp³-hybridized carbons (Fsp3) is 0.818. The third-order valence-electron chi connectivity index (χ3n) is 8.40. The molecule has 3 aliphatic carbocycles. The molecule has 4 aliphatic rings. The molecule has 27 heavy (non-hydrogen) atoms. The van der Waals surface area contributed by atoms with Crippen LogP contribution < -0.4 is 0 Å². The van der Waals surface area contributed by atoms with Gasteiger partial charge in [0, 0.05) is 6.42 Å². The first-order chi connectivity index (χ1) is 12.7. The molecule has 4 rings (SSSR count). The number of rotatable bonds is 1. The van der Waals surface area contributed by atoms with Crippen molar-refractivity contribution in [3.8, 4) is 0 Å². The van der Waals surface area contributed by atoms with E-state index in [4.69, 9.17) is 14.9 Å². The molecule has 3 atom stereocenters. The SMILES string of the molecule is CC1(C)CCC[C@]2(C)C3=C(CC[C@@H]12)CC1(OCCO1)[C@@](C)(/C(O)=C/[N+]#N)C3. The van der Waals surface area contributed by atoms with Crippen molar-refractivity contribution in [1.82, 2.24) is 0 Å². The highest BCUT2D eigenvalue weighted by atomic mass is 16.7. The van der Waals surface area contributed by atoms with Gasteiger partial charge in [-0.1, -0.05) is 38.3 Å². The molecule has 148 valence electrons. The average Bonchev–Trinajstić information content (AvgIpc) is 3.06. The van der Waals surface area contributed by atoms with Crippen LogP contribution in [0.2, 0.25) is 0 Å². The van der Waals surface area contributed by atoms with Gasteiger partial charge in [0.25, 0.3) is 0 Å². The van der Waals surface area contributed by atoms with Crippen LogP contribution in [0.1, 0.15) is 72.6 Å². The maximum absolute atomic E-state index is 10.9. The van der Waals surface area contributed by atoms with Gasteiger partial charge in [0.2, 0.25) is 5.39 Å². The number of hydrogen-bond acceptors (Lipinski definition) is 4. The fourth-order valence-electron chi connectivity index (χ4n) is 6.91. The van der Waals surface area contributed by atoms with Crippen LogP contribution in [0.25, 0.3) is 4.98 Å². The van der Waals surface area contributed by atoms with Crippen molar-refractivity contribution in [2.75, 3.05) is 13.2 Å². The summed E-state index contributed by atoms with van der Waals surface area (Å²) in [7, 11) is 0. The summed E-state index contributed by atoms with van der Waals surface area (Å²) in [4.78, 5) is 3.10. The largest absolute Gasteiger partial charge is 0.505 e. The molecule has 0 amide bonds. The molecule has 1 spiro atoms. The highest BCUT2D eigenvalue weighted by Gasteiger charge is 2.63. The molecule has 2 fully saturated rings. The summed E-state index contributed by atoms with van der Waals surface area (Å²) in [5, 5.41) is 19.9. The van der Waals surface area contributed by atoms with Crippen molar-refractivity contribution < 1.29 is 14.6 Å². The van der Waals surface area contributed by atoms with Gasteiger partial charge in [0.15, 0.2) is 16.5 Å². The maximum Gasteiger partial charge on any atom is 0.388 e. The molecule has 0 unspecified atom stereocenters. The van der Waals surface area contributed by atoms with Crippen LogP contribution in [0.5, 0.6) is 0 Å². The molecular weight excluding hydrogens is 340 g/mol. The standard InChI is InChI=1S/C22H32N2O3/c1-19(2)8-5-9-20(3)16-13-21(4,18(25)14-24-23)22(26-10-11-27-22)12-15(16)6-7-17(19)20/h14,17H,5-13H2,1-4H3/p+1/b18-14-/t17-,20+,21+/m0/s1. The van der Waals surface area contributed by atoms with Crippen LogP contribution in [0.15, 0.2) is 23.1 Å². The fourth-order valence-corrected chi connectivity index (χ4v) is 6.91. The van der Waals surface area contributed by atoms with Gasteiger partial charge in [-0.25, -0.2) is 0 Å².